The summed E-state index contributed by atoms with van der Waals surface area (Å²) < 4.78 is 0.877. The molecule has 2 nitrogen and oxygen atoms in total. The molecule has 0 spiro atoms. The summed E-state index contributed by atoms with van der Waals surface area (Å²) in [6.45, 7) is 7.21. The lowest BCUT2D eigenvalue weighted by molar-refractivity contribution is 0.0948. The topological polar surface area (TPSA) is 29.1 Å². The Bertz CT molecular complexity index is 335. The van der Waals surface area contributed by atoms with Crippen LogP contribution in [0, 0.1) is 11.8 Å². The van der Waals surface area contributed by atoms with Crippen molar-refractivity contribution in [3.05, 3.63) is 20.8 Å². The van der Waals surface area contributed by atoms with E-state index in [0.717, 1.165) is 15.9 Å². The summed E-state index contributed by atoms with van der Waals surface area (Å²) in [5.41, 5.74) is 0. The van der Waals surface area contributed by atoms with E-state index in [1.807, 2.05) is 11.4 Å². The summed E-state index contributed by atoms with van der Waals surface area (Å²) in [5.74, 6) is 1.12. The molecule has 0 radical (unpaired) electrons. The van der Waals surface area contributed by atoms with Gasteiger partial charge in [0.15, 0.2) is 0 Å². The molecule has 0 saturated carbocycles. The monoisotopic (exact) mass is 289 g/mol. The highest BCUT2D eigenvalue weighted by molar-refractivity contribution is 9.10. The molecule has 0 aliphatic carbocycles. The Hall–Kier alpha value is -0.350. The molecule has 0 fully saturated rings. The van der Waals surface area contributed by atoms with E-state index in [9.17, 15) is 4.79 Å². The van der Waals surface area contributed by atoms with Gasteiger partial charge >= 0.3 is 0 Å². The van der Waals surface area contributed by atoms with Crippen molar-refractivity contribution in [1.82, 2.24) is 5.32 Å². The molecular formula is C11H16BrNOS. The zero-order valence-corrected chi connectivity index (χ0v) is 11.6. The van der Waals surface area contributed by atoms with Gasteiger partial charge in [-0.3, -0.25) is 4.79 Å². The van der Waals surface area contributed by atoms with Crippen LogP contribution in [-0.4, -0.2) is 12.5 Å². The predicted molar refractivity (Wildman–Crippen MR) is 68.4 cm³/mol. The molecule has 1 rings (SSSR count). The van der Waals surface area contributed by atoms with Crippen LogP contribution in [0.25, 0.3) is 0 Å². The van der Waals surface area contributed by atoms with Crippen molar-refractivity contribution in [3.63, 3.8) is 0 Å². The maximum Gasteiger partial charge on any atom is 0.262 e. The average molecular weight is 290 g/mol. The fraction of sp³-hybridized carbons (Fsp3) is 0.545. The molecule has 0 aliphatic heterocycles. The smallest absolute Gasteiger partial charge is 0.262 e. The van der Waals surface area contributed by atoms with E-state index in [0.29, 0.717) is 11.8 Å². The first-order chi connectivity index (χ1) is 7.02. The van der Waals surface area contributed by atoms with Crippen molar-refractivity contribution in [1.29, 1.82) is 0 Å². The second-order valence-corrected chi connectivity index (χ2v) is 5.80. The molecule has 0 aliphatic rings. The Balaban J connectivity index is 2.47. The summed E-state index contributed by atoms with van der Waals surface area (Å²) in [5, 5.41) is 4.86. The van der Waals surface area contributed by atoms with Gasteiger partial charge in [-0.2, -0.15) is 0 Å². The molecule has 1 aromatic heterocycles. The predicted octanol–water partition coefficient (Wildman–Crippen LogP) is 3.53. The number of thiophene rings is 1. The van der Waals surface area contributed by atoms with Gasteiger partial charge in [-0.15, -0.1) is 11.3 Å². The zero-order valence-electron chi connectivity index (χ0n) is 9.21. The number of hydrogen-bond acceptors (Lipinski definition) is 2. The molecule has 1 amide bonds. The van der Waals surface area contributed by atoms with Gasteiger partial charge in [-0.25, -0.2) is 0 Å². The minimum Gasteiger partial charge on any atom is -0.351 e. The van der Waals surface area contributed by atoms with Crippen molar-refractivity contribution in [2.75, 3.05) is 6.54 Å². The number of carbonyl (C=O) groups excluding carboxylic acids is 1. The Morgan fingerprint density at radius 1 is 1.53 bits per heavy atom. The zero-order chi connectivity index (χ0) is 11.4. The Morgan fingerprint density at radius 3 is 2.67 bits per heavy atom. The fourth-order valence-electron chi connectivity index (χ4n) is 1.03. The molecule has 1 atom stereocenters. The Kier molecular flexibility index (Phi) is 4.80. The number of hydrogen-bond donors (Lipinski definition) is 1. The lowest BCUT2D eigenvalue weighted by Gasteiger charge is -2.15. The standard InChI is InChI=1S/C11H16BrNOS/c1-7(2)8(3)6-13-11(14)10-9(12)4-5-15-10/h4-5,7-8H,6H2,1-3H3,(H,13,14). The van der Waals surface area contributed by atoms with E-state index >= 15 is 0 Å². The van der Waals surface area contributed by atoms with Crippen LogP contribution in [-0.2, 0) is 0 Å². The number of carbonyl (C=O) groups is 1. The summed E-state index contributed by atoms with van der Waals surface area (Å²) in [6, 6.07) is 1.89. The number of halogens is 1. The van der Waals surface area contributed by atoms with Crippen LogP contribution in [0.5, 0.6) is 0 Å². The largest absolute Gasteiger partial charge is 0.351 e. The van der Waals surface area contributed by atoms with Gasteiger partial charge in [0.05, 0.1) is 0 Å². The molecule has 0 aromatic carbocycles. The third-order valence-corrected chi connectivity index (χ3v) is 4.38. The first kappa shape index (κ1) is 12.7. The van der Waals surface area contributed by atoms with E-state index in [4.69, 9.17) is 0 Å². The second-order valence-electron chi connectivity index (χ2n) is 4.03. The summed E-state index contributed by atoms with van der Waals surface area (Å²) in [4.78, 5) is 12.5. The van der Waals surface area contributed by atoms with Crippen LogP contribution in [0.2, 0.25) is 0 Å². The molecule has 0 saturated heterocycles. The van der Waals surface area contributed by atoms with Crippen LogP contribution in [0.3, 0.4) is 0 Å². The van der Waals surface area contributed by atoms with Gasteiger partial charge in [0.1, 0.15) is 4.88 Å². The van der Waals surface area contributed by atoms with Gasteiger partial charge < -0.3 is 5.32 Å². The van der Waals surface area contributed by atoms with E-state index in [-0.39, 0.29) is 5.91 Å². The van der Waals surface area contributed by atoms with Crippen LogP contribution >= 0.6 is 27.3 Å². The van der Waals surface area contributed by atoms with E-state index in [1.54, 1.807) is 0 Å². The van der Waals surface area contributed by atoms with E-state index < -0.39 is 0 Å². The van der Waals surface area contributed by atoms with Crippen molar-refractivity contribution < 1.29 is 4.79 Å². The fourth-order valence-corrected chi connectivity index (χ4v) is 2.49. The molecule has 1 heterocycles. The van der Waals surface area contributed by atoms with Crippen molar-refractivity contribution in [2.45, 2.75) is 20.8 Å². The first-order valence-corrected chi connectivity index (χ1v) is 6.70. The van der Waals surface area contributed by atoms with Crippen LogP contribution in [0.1, 0.15) is 30.4 Å². The highest BCUT2D eigenvalue weighted by Gasteiger charge is 2.13. The van der Waals surface area contributed by atoms with Gasteiger partial charge in [0.2, 0.25) is 0 Å². The van der Waals surface area contributed by atoms with E-state index in [2.05, 4.69) is 42.0 Å². The van der Waals surface area contributed by atoms with Crippen molar-refractivity contribution in [2.24, 2.45) is 11.8 Å². The summed E-state index contributed by atoms with van der Waals surface area (Å²) in [7, 11) is 0. The Morgan fingerprint density at radius 2 is 2.20 bits per heavy atom. The maximum absolute atomic E-state index is 11.7. The van der Waals surface area contributed by atoms with Gasteiger partial charge in [0.25, 0.3) is 5.91 Å². The lowest BCUT2D eigenvalue weighted by Crippen LogP contribution is -2.29. The Labute approximate surface area is 103 Å². The van der Waals surface area contributed by atoms with Crippen molar-refractivity contribution >= 4 is 33.2 Å². The van der Waals surface area contributed by atoms with Crippen molar-refractivity contribution in [3.8, 4) is 0 Å². The van der Waals surface area contributed by atoms with Crippen LogP contribution in [0.4, 0.5) is 0 Å². The summed E-state index contributed by atoms with van der Waals surface area (Å²) >= 11 is 4.81. The molecular weight excluding hydrogens is 274 g/mol. The first-order valence-electron chi connectivity index (χ1n) is 5.03. The minimum absolute atomic E-state index is 0.0179. The highest BCUT2D eigenvalue weighted by atomic mass is 79.9. The third-order valence-electron chi connectivity index (χ3n) is 2.55. The van der Waals surface area contributed by atoms with Gasteiger partial charge in [-0.05, 0) is 39.2 Å². The lowest BCUT2D eigenvalue weighted by atomic mass is 9.98. The summed E-state index contributed by atoms with van der Waals surface area (Å²) in [6.07, 6.45) is 0. The molecule has 0 bridgehead atoms. The molecule has 1 unspecified atom stereocenters. The van der Waals surface area contributed by atoms with Gasteiger partial charge in [-0.1, -0.05) is 20.8 Å². The minimum atomic E-state index is 0.0179. The third kappa shape index (κ3) is 3.61. The van der Waals surface area contributed by atoms with Crippen LogP contribution < -0.4 is 5.32 Å². The quantitative estimate of drug-likeness (QED) is 0.903. The molecule has 4 heteroatoms. The number of nitrogens with one attached hydrogen (secondary N) is 1. The molecule has 1 aromatic rings. The highest BCUT2D eigenvalue weighted by Crippen LogP contribution is 2.22. The second kappa shape index (κ2) is 5.66. The number of rotatable bonds is 4. The molecule has 15 heavy (non-hydrogen) atoms. The normalized spacial score (nSPS) is 12.9. The number of amides is 1. The average Bonchev–Trinajstić information content (AvgIpc) is 2.60. The van der Waals surface area contributed by atoms with E-state index in [1.165, 1.54) is 11.3 Å². The van der Waals surface area contributed by atoms with Crippen LogP contribution in [0.15, 0.2) is 15.9 Å². The molecule has 84 valence electrons. The molecule has 1 N–H and O–H groups in total. The maximum atomic E-state index is 11.7. The van der Waals surface area contributed by atoms with Gasteiger partial charge in [0, 0.05) is 11.0 Å². The SMILES string of the molecule is CC(C)C(C)CNC(=O)c1sccc1Br.